The van der Waals surface area contributed by atoms with Crippen molar-refractivity contribution in [3.63, 3.8) is 0 Å². The number of hydrogen-bond acceptors (Lipinski definition) is 4. The van der Waals surface area contributed by atoms with Crippen LogP contribution in [0.1, 0.15) is 31.7 Å². The van der Waals surface area contributed by atoms with Gasteiger partial charge in [0.1, 0.15) is 0 Å². The maximum atomic E-state index is 12.8. The van der Waals surface area contributed by atoms with E-state index in [9.17, 15) is 8.78 Å². The number of para-hydroxylation sites is 1. The Hall–Kier alpha value is -2.09. The topological polar surface area (TPSA) is 64.1 Å². The zero-order valence-corrected chi connectivity index (χ0v) is 16.2. The largest absolute Gasteiger partial charge is 0.490 e. The first-order valence-electron chi connectivity index (χ1n) is 9.16. The monoisotopic (exact) mass is 385 g/mol. The van der Waals surface area contributed by atoms with Crippen LogP contribution in [0.5, 0.6) is 11.5 Å². The first kappa shape index (κ1) is 21.2. The van der Waals surface area contributed by atoms with E-state index in [1.807, 2.05) is 0 Å². The molecule has 1 aromatic rings. The Labute approximate surface area is 159 Å². The lowest BCUT2D eigenvalue weighted by Gasteiger charge is -2.19. The van der Waals surface area contributed by atoms with Gasteiger partial charge in [0.25, 0.3) is 0 Å². The number of halogens is 2. The molecule has 152 valence electrons. The lowest BCUT2D eigenvalue weighted by atomic mass is 10.0. The van der Waals surface area contributed by atoms with E-state index >= 15 is 0 Å². The lowest BCUT2D eigenvalue weighted by Crippen LogP contribution is -2.40. The molecule has 1 fully saturated rings. The van der Waals surface area contributed by atoms with E-state index in [0.29, 0.717) is 23.9 Å². The lowest BCUT2D eigenvalue weighted by molar-refractivity contribution is -0.0520. The summed E-state index contributed by atoms with van der Waals surface area (Å²) in [7, 11) is 3.39. The van der Waals surface area contributed by atoms with Crippen molar-refractivity contribution in [1.82, 2.24) is 10.6 Å². The fraction of sp³-hybridized carbons (Fsp3) is 0.632. The SMILES string of the molecule is CCOc1cccc(CNC(=NC)NCC2(CCOC)CC2)c1OC(F)F. The number of rotatable bonds is 11. The third-order valence-electron chi connectivity index (χ3n) is 4.66. The molecule has 27 heavy (non-hydrogen) atoms. The van der Waals surface area contributed by atoms with Gasteiger partial charge in [0.05, 0.1) is 6.61 Å². The van der Waals surface area contributed by atoms with Gasteiger partial charge in [0, 0.05) is 39.4 Å². The smallest absolute Gasteiger partial charge is 0.387 e. The number of hydrogen-bond donors (Lipinski definition) is 2. The molecule has 1 saturated carbocycles. The molecular weight excluding hydrogens is 356 g/mol. The molecule has 0 unspecified atom stereocenters. The average molecular weight is 385 g/mol. The van der Waals surface area contributed by atoms with Crippen molar-refractivity contribution in [2.24, 2.45) is 10.4 Å². The normalized spacial score (nSPS) is 15.6. The molecule has 0 aliphatic heterocycles. The zero-order chi connectivity index (χ0) is 19.7. The van der Waals surface area contributed by atoms with Crippen LogP contribution < -0.4 is 20.1 Å². The molecule has 0 aromatic heterocycles. The van der Waals surface area contributed by atoms with Crippen LogP contribution in [0.4, 0.5) is 8.78 Å². The van der Waals surface area contributed by atoms with Crippen molar-refractivity contribution < 1.29 is 23.0 Å². The molecule has 1 aliphatic rings. The fourth-order valence-electron chi connectivity index (χ4n) is 2.87. The first-order chi connectivity index (χ1) is 13.0. The van der Waals surface area contributed by atoms with Crippen molar-refractivity contribution in [3.8, 4) is 11.5 Å². The standard InChI is InChI=1S/C19H29F2N3O3/c1-4-26-15-7-5-6-14(16(15)27-17(20)21)12-23-18(22-2)24-13-19(8-9-19)10-11-25-3/h5-7,17H,4,8-13H2,1-3H3,(H2,22,23,24). The van der Waals surface area contributed by atoms with E-state index in [4.69, 9.17) is 14.2 Å². The van der Waals surface area contributed by atoms with Gasteiger partial charge < -0.3 is 24.8 Å². The molecule has 1 aromatic carbocycles. The number of nitrogens with one attached hydrogen (secondary N) is 2. The van der Waals surface area contributed by atoms with Crippen LogP contribution in [-0.2, 0) is 11.3 Å². The molecule has 0 amide bonds. The van der Waals surface area contributed by atoms with Crippen molar-refractivity contribution in [2.45, 2.75) is 39.3 Å². The summed E-state index contributed by atoms with van der Waals surface area (Å²) in [6.45, 7) is 1.07. The van der Waals surface area contributed by atoms with Crippen LogP contribution >= 0.6 is 0 Å². The summed E-state index contributed by atoms with van der Waals surface area (Å²) in [5.41, 5.74) is 0.844. The Morgan fingerprint density at radius 2 is 2.07 bits per heavy atom. The van der Waals surface area contributed by atoms with Gasteiger partial charge >= 0.3 is 6.61 Å². The Bertz CT molecular complexity index is 622. The van der Waals surface area contributed by atoms with E-state index in [0.717, 1.165) is 19.6 Å². The highest BCUT2D eigenvalue weighted by molar-refractivity contribution is 5.79. The van der Waals surface area contributed by atoms with Gasteiger partial charge in [-0.1, -0.05) is 12.1 Å². The van der Waals surface area contributed by atoms with Crippen LogP contribution in [0.15, 0.2) is 23.2 Å². The Morgan fingerprint density at radius 1 is 1.30 bits per heavy atom. The number of aliphatic imine (C=N–C) groups is 1. The molecule has 0 atom stereocenters. The van der Waals surface area contributed by atoms with E-state index in [1.54, 1.807) is 39.3 Å². The van der Waals surface area contributed by atoms with Gasteiger partial charge in [-0.25, -0.2) is 0 Å². The Kier molecular flexibility index (Phi) is 8.09. The van der Waals surface area contributed by atoms with Crippen LogP contribution in [0, 0.1) is 5.41 Å². The second kappa shape index (κ2) is 10.3. The molecular formula is C19H29F2N3O3. The summed E-state index contributed by atoms with van der Waals surface area (Å²) >= 11 is 0. The molecule has 0 saturated heterocycles. The van der Waals surface area contributed by atoms with Crippen molar-refractivity contribution in [1.29, 1.82) is 0 Å². The van der Waals surface area contributed by atoms with Crippen LogP contribution in [0.25, 0.3) is 0 Å². The predicted octanol–water partition coefficient (Wildman–Crippen LogP) is 3.17. The number of guanidine groups is 1. The summed E-state index contributed by atoms with van der Waals surface area (Å²) < 4.78 is 40.9. The summed E-state index contributed by atoms with van der Waals surface area (Å²) in [6.07, 6.45) is 3.35. The number of ether oxygens (including phenoxy) is 3. The third-order valence-corrected chi connectivity index (χ3v) is 4.66. The maximum Gasteiger partial charge on any atom is 0.387 e. The Morgan fingerprint density at radius 3 is 2.67 bits per heavy atom. The molecule has 0 radical (unpaired) electrons. The molecule has 1 aliphatic carbocycles. The minimum Gasteiger partial charge on any atom is -0.490 e. The second-order valence-electron chi connectivity index (χ2n) is 6.58. The first-order valence-corrected chi connectivity index (χ1v) is 9.16. The highest BCUT2D eigenvalue weighted by Gasteiger charge is 2.41. The highest BCUT2D eigenvalue weighted by Crippen LogP contribution is 2.48. The molecule has 0 heterocycles. The Balaban J connectivity index is 1.96. The van der Waals surface area contributed by atoms with Crippen molar-refractivity contribution >= 4 is 5.96 Å². The van der Waals surface area contributed by atoms with Gasteiger partial charge in [0.2, 0.25) is 0 Å². The predicted molar refractivity (Wildman–Crippen MR) is 101 cm³/mol. The second-order valence-corrected chi connectivity index (χ2v) is 6.58. The van der Waals surface area contributed by atoms with E-state index in [-0.39, 0.29) is 17.7 Å². The highest BCUT2D eigenvalue weighted by atomic mass is 19.3. The number of methoxy groups -OCH3 is 1. The summed E-state index contributed by atoms with van der Waals surface area (Å²) in [5.74, 6) is 0.969. The molecule has 0 spiro atoms. The number of benzene rings is 1. The summed E-state index contributed by atoms with van der Waals surface area (Å²) in [5, 5.41) is 6.47. The number of alkyl halides is 2. The fourth-order valence-corrected chi connectivity index (χ4v) is 2.87. The zero-order valence-electron chi connectivity index (χ0n) is 16.2. The van der Waals surface area contributed by atoms with Crippen LogP contribution in [-0.4, -0.2) is 46.5 Å². The molecule has 0 bridgehead atoms. The van der Waals surface area contributed by atoms with Crippen LogP contribution in [0.2, 0.25) is 0 Å². The van der Waals surface area contributed by atoms with E-state index in [2.05, 4.69) is 15.6 Å². The van der Waals surface area contributed by atoms with Gasteiger partial charge in [-0.2, -0.15) is 8.78 Å². The third kappa shape index (κ3) is 6.53. The average Bonchev–Trinajstić information content (AvgIpc) is 3.42. The quantitative estimate of drug-likeness (QED) is 0.453. The molecule has 2 rings (SSSR count). The number of nitrogens with zero attached hydrogens (tertiary/aromatic N) is 1. The van der Waals surface area contributed by atoms with Crippen molar-refractivity contribution in [3.05, 3.63) is 23.8 Å². The van der Waals surface area contributed by atoms with E-state index in [1.165, 1.54) is 12.8 Å². The molecule has 6 nitrogen and oxygen atoms in total. The van der Waals surface area contributed by atoms with Gasteiger partial charge in [0.15, 0.2) is 17.5 Å². The summed E-state index contributed by atoms with van der Waals surface area (Å²) in [6, 6.07) is 5.09. The molecule has 2 N–H and O–H groups in total. The van der Waals surface area contributed by atoms with E-state index < -0.39 is 6.61 Å². The van der Waals surface area contributed by atoms with Gasteiger partial charge in [-0.05, 0) is 37.7 Å². The van der Waals surface area contributed by atoms with Gasteiger partial charge in [-0.15, -0.1) is 0 Å². The van der Waals surface area contributed by atoms with Gasteiger partial charge in [-0.3, -0.25) is 4.99 Å². The van der Waals surface area contributed by atoms with Crippen molar-refractivity contribution in [2.75, 3.05) is 33.9 Å². The minimum absolute atomic E-state index is 0.0519. The molecule has 8 heteroatoms. The minimum atomic E-state index is -2.92. The maximum absolute atomic E-state index is 12.8. The van der Waals surface area contributed by atoms with Crippen LogP contribution in [0.3, 0.4) is 0 Å². The summed E-state index contributed by atoms with van der Waals surface area (Å²) in [4.78, 5) is 4.21.